The smallest absolute Gasteiger partial charge is 0.253 e. The second kappa shape index (κ2) is 75.3. The topological polar surface area (TPSA) is 390 Å². The Morgan fingerprint density at radius 3 is 1.02 bits per heavy atom. The van der Waals surface area contributed by atoms with Gasteiger partial charge in [0, 0.05) is 113 Å². The molecule has 0 saturated heterocycles. The van der Waals surface area contributed by atoms with Gasteiger partial charge in [0.1, 0.15) is 18.0 Å². The molecule has 0 spiro atoms. The first-order chi connectivity index (χ1) is 62.0. The maximum absolute atomic E-state index is 11.3. The molecule has 2 atom stereocenters. The zero-order chi connectivity index (χ0) is 109. The summed E-state index contributed by atoms with van der Waals surface area (Å²) in [6.07, 6.45) is 28.6. The van der Waals surface area contributed by atoms with Crippen molar-refractivity contribution in [3.05, 3.63) is 72.5 Å². The Bertz CT molecular complexity index is 3930. The zero-order valence-corrected chi connectivity index (χ0v) is 98.6. The van der Waals surface area contributed by atoms with Crippen LogP contribution in [0.15, 0.2) is 28.8 Å². The van der Waals surface area contributed by atoms with Crippen molar-refractivity contribution in [2.24, 2.45) is 71.2 Å². The summed E-state index contributed by atoms with van der Waals surface area (Å²) in [4.78, 5) is 90.4. The van der Waals surface area contributed by atoms with Gasteiger partial charge in [0.05, 0.1) is 30.3 Å². The Kier molecular flexibility index (Phi) is 80.6. The third kappa shape index (κ3) is 102. The zero-order valence-electron chi connectivity index (χ0n) is 96.2. The third-order valence-corrected chi connectivity index (χ3v) is 22.7. The van der Waals surface area contributed by atoms with E-state index in [1.807, 2.05) is 46.8 Å². The van der Waals surface area contributed by atoms with Crippen molar-refractivity contribution in [2.75, 3.05) is 143 Å². The highest BCUT2D eigenvalue weighted by Crippen LogP contribution is 2.30. The molecular weight excluding hydrogens is 1790 g/mol. The van der Waals surface area contributed by atoms with Crippen molar-refractivity contribution in [2.45, 2.75) is 415 Å². The molecule has 812 valence electrons. The predicted octanol–water partition coefficient (Wildman–Crippen LogP) is 20.1. The molecule has 0 saturated carbocycles. The van der Waals surface area contributed by atoms with E-state index in [0.29, 0.717) is 108 Å². The first-order valence-electron chi connectivity index (χ1n) is 50.7. The maximum Gasteiger partial charge on any atom is 0.253 e. The number of aliphatic hydroxyl groups excluding tert-OH is 3. The van der Waals surface area contributed by atoms with Gasteiger partial charge in [-0.15, -0.1) is 0 Å². The number of anilines is 4. The molecule has 0 radical (unpaired) electrons. The largest absolute Gasteiger partial charge is 0.396 e. The van der Waals surface area contributed by atoms with E-state index >= 15 is 0 Å². The average Bonchev–Trinajstić information content (AvgIpc) is 0.796. The van der Waals surface area contributed by atoms with E-state index in [4.69, 9.17) is 45.5 Å². The molecule has 0 bridgehead atoms. The number of nitrogens with one attached hydrogen (secondary N) is 10. The van der Waals surface area contributed by atoms with E-state index < -0.39 is 27.0 Å². The number of aliphatic hydroxyl groups is 3. The number of carbonyl (C=O) groups excluding carboxylic acids is 2. The quantitative estimate of drug-likeness (QED) is 0.0142. The fraction of sp³-hybridized carbons (Fsp3) is 0.852. The molecular formula is C108H218N12O14S3. The molecule has 0 aromatic heterocycles. The number of methoxy groups -OCH3 is 1. The van der Waals surface area contributed by atoms with E-state index in [1.54, 1.807) is 28.1 Å². The van der Waals surface area contributed by atoms with Crippen molar-refractivity contribution in [3.63, 3.8) is 0 Å². The van der Waals surface area contributed by atoms with Crippen LogP contribution in [0.4, 0.5) is 22.7 Å². The highest BCUT2D eigenvalue weighted by atomic mass is 32.2. The standard InChI is InChI=1S/C14H23NO2.C12H20N2O2.C12H19NO2.C10H22N2S.C10H21NO2.C9H20N2S.C9H19NO.C9H21N.C8H19NO2S.C8H18O.C7H16O2/c1-14(2,3)9-7-5-6-8-10-11(15-4)13(17)12(10)16;1-12(2,3)6-5-7-14-9-8(13-4)10(15)11(9)16;1-12(2,3)7-5-6-8-9(13-4)11(15)10(8)14;1-10(2,3)7-6-8-11-9(13)12(4)5;1-10(2,3)6-5-7-11-9(12)8-13-4;1-9(2,3)6-5-7-11-8(12)10-4;1-8(11)10-7-5-6-9(2,3)4;1-9(2,3)7-5-4-6-8-10;1-8(2,3)6-5-7-9-12(4,10)11;1-7(5-6-9)8(2,3)4;1-7(2,3)4-6(9)5-8/h15H,5-9H2,1-4H3;13-14H,5-7H2,1-4H3;13H,5-7H2,1-4H3;6-8H2,1-5H3,(H,11,13);5-8H2,1-4H3,(H,11,12);5-7H2,1-4H3,(H2,10,11,12);5-7H2,1-4H3,(H,10,11);4-8,10H2,1-3H3;9H,5-7H2,1-4H3;7,9H,5-6H2,1-4H3;6,8-9H,4-5H2,1-3H3. The summed E-state index contributed by atoms with van der Waals surface area (Å²) in [5, 5.41) is 53.7. The van der Waals surface area contributed by atoms with Gasteiger partial charge in [-0.3, -0.25) is 38.4 Å². The minimum Gasteiger partial charge on any atom is -0.396 e. The lowest BCUT2D eigenvalue weighted by atomic mass is 9.80. The maximum atomic E-state index is 11.3. The first-order valence-corrected chi connectivity index (χ1v) is 53.4. The molecule has 0 aliphatic heterocycles. The third-order valence-electron chi connectivity index (χ3n) is 21.1. The SMILES string of the molecule is CC(=O)NCCCC(C)(C)C.CC(C)(C)CC(O)CO.CC(C)(C)CCCCCN.CC(C)(C)CCCNS(C)(=O)=O.CC(CCO)C(C)(C)C.CN(C)C(=S)NCCCC(C)(C)C.CNC(=S)NCCCC(C)(C)C.CNc1c(CCCC(C)(C)C)c(=O)c1=O.CNc1c(CCCCCC(C)(C)C)c(=O)c1=O.CNc1c(NCCCC(C)(C)C)c(=O)c1=O.COCC(=O)NCCCC(C)(C)C. The Labute approximate surface area is 849 Å². The van der Waals surface area contributed by atoms with Crippen molar-refractivity contribution < 1.29 is 38.1 Å². The molecule has 26 nitrogen and oxygen atoms in total. The fourth-order valence-corrected chi connectivity index (χ4v) is 13.2. The number of hydrogen-bond donors (Lipinski definition) is 14. The van der Waals surface area contributed by atoms with E-state index in [-0.39, 0.29) is 57.6 Å². The number of amides is 2. The number of rotatable bonds is 41. The Balaban J connectivity index is -0.000000224. The summed E-state index contributed by atoms with van der Waals surface area (Å²) in [6, 6.07) is 0. The minimum atomic E-state index is -2.99. The number of hydrogen-bond acceptors (Lipinski definition) is 21. The highest BCUT2D eigenvalue weighted by molar-refractivity contribution is 7.88. The molecule has 2 unspecified atom stereocenters. The van der Waals surface area contributed by atoms with Gasteiger partial charge in [-0.2, -0.15) is 0 Å². The molecule has 2 amide bonds. The Morgan fingerprint density at radius 2 is 0.730 bits per heavy atom. The van der Waals surface area contributed by atoms with Gasteiger partial charge in [-0.05, 0) is 238 Å². The number of sulfonamides is 1. The van der Waals surface area contributed by atoms with Crippen LogP contribution in [0.1, 0.15) is 408 Å². The molecule has 3 aromatic carbocycles. The molecule has 0 aliphatic carbocycles. The molecule has 0 fully saturated rings. The number of carbonyl (C=O) groups is 2. The summed E-state index contributed by atoms with van der Waals surface area (Å²) in [5.74, 6) is 0.651. The number of thiocarbonyl (C=S) groups is 2. The molecule has 15 N–H and O–H groups in total. The summed E-state index contributed by atoms with van der Waals surface area (Å²) in [6.45, 7) is 82.3. The van der Waals surface area contributed by atoms with Crippen molar-refractivity contribution >= 4 is 79.2 Å². The molecule has 137 heavy (non-hydrogen) atoms. The van der Waals surface area contributed by atoms with E-state index in [1.165, 1.54) is 77.6 Å². The Morgan fingerprint density at radius 1 is 0.416 bits per heavy atom. The van der Waals surface area contributed by atoms with Crippen LogP contribution >= 0.6 is 24.4 Å². The van der Waals surface area contributed by atoms with Crippen molar-refractivity contribution in [1.82, 2.24) is 36.2 Å². The van der Waals surface area contributed by atoms with Crippen LogP contribution in [-0.2, 0) is 37.2 Å². The average molecular weight is 2010 g/mol. The molecule has 0 heterocycles. The van der Waals surface area contributed by atoms with Gasteiger partial charge in [-0.1, -0.05) is 261 Å². The van der Waals surface area contributed by atoms with Crippen LogP contribution < -0.4 is 90.9 Å². The highest BCUT2D eigenvalue weighted by Gasteiger charge is 2.25. The number of nitrogens with two attached hydrogens (primary N) is 1. The monoisotopic (exact) mass is 2000 g/mol. The molecule has 29 heteroatoms. The fourth-order valence-electron chi connectivity index (χ4n) is 12.5. The van der Waals surface area contributed by atoms with Crippen molar-refractivity contribution in [3.8, 4) is 0 Å². The van der Waals surface area contributed by atoms with Crippen LogP contribution in [0, 0.1) is 65.5 Å². The van der Waals surface area contributed by atoms with Crippen LogP contribution in [0.3, 0.4) is 0 Å². The predicted molar refractivity (Wildman–Crippen MR) is 602 cm³/mol. The van der Waals surface area contributed by atoms with Crippen LogP contribution in [0.5, 0.6) is 0 Å². The lowest BCUT2D eigenvalue weighted by Gasteiger charge is -2.26. The van der Waals surface area contributed by atoms with Crippen LogP contribution in [0.25, 0.3) is 0 Å². The van der Waals surface area contributed by atoms with Gasteiger partial charge in [0.25, 0.3) is 10.9 Å². The van der Waals surface area contributed by atoms with Gasteiger partial charge in [-0.25, -0.2) is 13.1 Å². The summed E-state index contributed by atoms with van der Waals surface area (Å²) >= 11 is 10.0. The summed E-state index contributed by atoms with van der Waals surface area (Å²) in [5.41, 5.74) is 10.4. The van der Waals surface area contributed by atoms with E-state index in [9.17, 15) is 46.8 Å². The minimum absolute atomic E-state index is 0.0311. The normalized spacial score (nSPS) is 12.3. The van der Waals surface area contributed by atoms with E-state index in [0.717, 1.165) is 146 Å². The van der Waals surface area contributed by atoms with Crippen LogP contribution in [0.2, 0.25) is 0 Å². The first kappa shape index (κ1) is 147. The number of unbranched alkanes of at least 4 members (excludes halogenated alkanes) is 4. The number of ether oxygens (including phenoxy) is 1. The summed E-state index contributed by atoms with van der Waals surface area (Å²) in [7, 11) is 9.30. The lowest BCUT2D eigenvalue weighted by Crippen LogP contribution is -2.38. The lowest BCUT2D eigenvalue weighted by molar-refractivity contribution is -0.124. The van der Waals surface area contributed by atoms with Gasteiger partial charge in [0.2, 0.25) is 43.6 Å². The van der Waals surface area contributed by atoms with Crippen LogP contribution in [-0.4, -0.2) is 178 Å². The second-order valence-electron chi connectivity index (χ2n) is 49.7. The van der Waals surface area contributed by atoms with Gasteiger partial charge < -0.3 is 78.5 Å². The van der Waals surface area contributed by atoms with Gasteiger partial charge >= 0.3 is 0 Å². The molecule has 0 aliphatic rings. The van der Waals surface area contributed by atoms with Gasteiger partial charge in [0.15, 0.2) is 10.2 Å². The van der Waals surface area contributed by atoms with E-state index in [2.05, 4.69) is 272 Å². The number of nitrogens with zero attached hydrogens (tertiary/aromatic N) is 1. The molecule has 3 aromatic rings. The Hall–Kier alpha value is -5.53. The molecule has 3 rings (SSSR count). The summed E-state index contributed by atoms with van der Waals surface area (Å²) < 4.78 is 28.4. The second-order valence-corrected chi connectivity index (χ2v) is 52.4. The van der Waals surface area contributed by atoms with Crippen molar-refractivity contribution in [1.29, 1.82) is 0 Å².